The van der Waals surface area contributed by atoms with Gasteiger partial charge in [0.05, 0.1) is 30.2 Å². The summed E-state index contributed by atoms with van der Waals surface area (Å²) in [7, 11) is -2.50. The van der Waals surface area contributed by atoms with Crippen molar-refractivity contribution >= 4 is 38.4 Å². The van der Waals surface area contributed by atoms with Crippen LogP contribution in [0.3, 0.4) is 0 Å². The van der Waals surface area contributed by atoms with Crippen molar-refractivity contribution in [2.45, 2.75) is 57.1 Å². The number of hydrogen-bond acceptors (Lipinski definition) is 9. The minimum Gasteiger partial charge on any atom is -0.466 e. The molecule has 1 N–H and O–H groups in total. The van der Waals surface area contributed by atoms with E-state index in [1.54, 1.807) is 23.8 Å². The third-order valence-electron chi connectivity index (χ3n) is 9.31. The maximum Gasteiger partial charge on any atom is 0.311 e. The van der Waals surface area contributed by atoms with Crippen molar-refractivity contribution in [1.82, 2.24) is 23.6 Å². The summed E-state index contributed by atoms with van der Waals surface area (Å²) in [4.78, 5) is 22.4. The van der Waals surface area contributed by atoms with Crippen LogP contribution in [0.2, 0.25) is 0 Å². The van der Waals surface area contributed by atoms with Crippen LogP contribution < -0.4 is 5.32 Å². The average Bonchev–Trinajstić information content (AvgIpc) is 3.63. The van der Waals surface area contributed by atoms with Crippen molar-refractivity contribution in [2.24, 2.45) is 17.8 Å². The molecule has 0 aliphatic heterocycles. The first kappa shape index (κ1) is 30.3. The lowest BCUT2D eigenvalue weighted by Gasteiger charge is -2.47. The van der Waals surface area contributed by atoms with E-state index in [0.717, 1.165) is 47.0 Å². The number of nitrogens with zero attached hydrogens (tertiary/aromatic N) is 5. The topological polar surface area (TPSA) is 130 Å². The lowest BCUT2D eigenvalue weighted by molar-refractivity contribution is -0.154. The number of fused-ring (bicyclic) bond motifs is 5. The Morgan fingerprint density at radius 3 is 2.54 bits per heavy atom. The Hall–Kier alpha value is -4.36. The molecule has 5 aromatic rings. The summed E-state index contributed by atoms with van der Waals surface area (Å²) >= 11 is 0. The van der Waals surface area contributed by atoms with E-state index in [-0.39, 0.29) is 57.1 Å². The fourth-order valence-electron chi connectivity index (χ4n) is 7.15. The van der Waals surface area contributed by atoms with Crippen LogP contribution in [0.1, 0.15) is 43.7 Å². The van der Waals surface area contributed by atoms with Gasteiger partial charge >= 0.3 is 5.97 Å². The van der Waals surface area contributed by atoms with Gasteiger partial charge in [-0.25, -0.2) is 31.3 Å². The van der Waals surface area contributed by atoms with Crippen molar-refractivity contribution in [2.75, 3.05) is 19.0 Å². The van der Waals surface area contributed by atoms with Crippen molar-refractivity contribution in [3.8, 4) is 11.4 Å². The molecular weight excluding hydrogens is 611 g/mol. The van der Waals surface area contributed by atoms with E-state index < -0.39 is 15.8 Å². The third kappa shape index (κ3) is 5.20. The van der Waals surface area contributed by atoms with Crippen LogP contribution in [-0.4, -0.2) is 57.7 Å². The quantitative estimate of drug-likeness (QED) is 0.211. The number of carbonyl (C=O) groups is 1. The highest BCUT2D eigenvalue weighted by atomic mass is 32.2. The molecule has 11 nitrogen and oxygen atoms in total. The van der Waals surface area contributed by atoms with Gasteiger partial charge in [-0.2, -0.15) is 0 Å². The molecule has 3 aliphatic rings. The zero-order chi connectivity index (χ0) is 32.2. The first-order chi connectivity index (χ1) is 22.2. The molecule has 3 fully saturated rings. The number of aromatic nitrogens is 5. The lowest BCUT2D eigenvalue weighted by atomic mass is 9.61. The van der Waals surface area contributed by atoms with Gasteiger partial charge in [-0.05, 0) is 81.2 Å². The monoisotopic (exact) mass is 646 g/mol. The van der Waals surface area contributed by atoms with Gasteiger partial charge in [0.15, 0.2) is 17.3 Å². The van der Waals surface area contributed by atoms with Crippen LogP contribution >= 0.6 is 0 Å². The maximum absolute atomic E-state index is 14.7. The van der Waals surface area contributed by atoms with Crippen molar-refractivity contribution in [3.63, 3.8) is 0 Å². The predicted octanol–water partition coefficient (Wildman–Crippen LogP) is 5.36. The van der Waals surface area contributed by atoms with Gasteiger partial charge < -0.3 is 14.8 Å². The summed E-state index contributed by atoms with van der Waals surface area (Å²) in [6.07, 6.45) is 8.14. The fraction of sp³-hybridized carbons (Fsp3) is 0.394. The van der Waals surface area contributed by atoms with Gasteiger partial charge in [0.2, 0.25) is 0 Å². The van der Waals surface area contributed by atoms with E-state index in [9.17, 15) is 17.6 Å². The summed E-state index contributed by atoms with van der Waals surface area (Å²) in [5, 5.41) is 8.60. The third-order valence-corrected chi connectivity index (χ3v) is 11.0. The standard InChI is InChI=1S/C33H35FN6O5S/c1-4-45-33(41)28-21-7-9-22(10-8-21)29(28)36-31-27-13-20(18-44-3)16-39(27)38-30(37-31)26-17-40(32-25(26)14-23(34)15-35-32)46(42,43)24-11-5-19(2)6-12-24/h5-6,11-17,21-22,28-29H,4,7-10,18H2,1-3H3,(H,36,37,38)/t21?,22?,28-,29-/m1/s1. The Kier molecular flexibility index (Phi) is 7.76. The molecule has 2 atom stereocenters. The first-order valence-corrected chi connectivity index (χ1v) is 16.9. The Morgan fingerprint density at radius 1 is 1.09 bits per heavy atom. The molecule has 0 amide bonds. The van der Waals surface area contributed by atoms with Crippen molar-refractivity contribution in [3.05, 3.63) is 71.9 Å². The Balaban J connectivity index is 1.39. The number of carbonyl (C=O) groups excluding carboxylic acids is 1. The highest BCUT2D eigenvalue weighted by molar-refractivity contribution is 7.90. The number of hydrogen-bond donors (Lipinski definition) is 1. The summed E-state index contributed by atoms with van der Waals surface area (Å²) in [5.41, 5.74) is 2.77. The van der Waals surface area contributed by atoms with E-state index >= 15 is 0 Å². The number of nitrogens with one attached hydrogen (secondary N) is 1. The second-order valence-electron chi connectivity index (χ2n) is 12.2. The maximum atomic E-state index is 14.7. The van der Waals surface area contributed by atoms with Crippen LogP contribution in [0.5, 0.6) is 0 Å². The number of aryl methyl sites for hydroxylation is 1. The van der Waals surface area contributed by atoms with E-state index in [1.165, 1.54) is 24.4 Å². The molecular formula is C33H35FN6O5S. The van der Waals surface area contributed by atoms with E-state index in [4.69, 9.17) is 19.6 Å². The Bertz CT molecular complexity index is 2050. The van der Waals surface area contributed by atoms with E-state index in [2.05, 4.69) is 10.3 Å². The van der Waals surface area contributed by atoms with Gasteiger partial charge in [-0.15, -0.1) is 5.10 Å². The van der Waals surface area contributed by atoms with Gasteiger partial charge in [-0.1, -0.05) is 17.7 Å². The lowest BCUT2D eigenvalue weighted by Crippen LogP contribution is -2.52. The summed E-state index contributed by atoms with van der Waals surface area (Å²) in [5.74, 6) is -0.0398. The van der Waals surface area contributed by atoms with E-state index in [1.807, 2.05) is 26.1 Å². The number of pyridine rings is 1. The van der Waals surface area contributed by atoms with Crippen molar-refractivity contribution < 1.29 is 27.1 Å². The molecule has 8 rings (SSSR count). The Morgan fingerprint density at radius 2 is 1.83 bits per heavy atom. The molecule has 3 aliphatic carbocycles. The van der Waals surface area contributed by atoms with Gasteiger partial charge in [0, 0.05) is 36.5 Å². The molecule has 0 unspecified atom stereocenters. The first-order valence-electron chi connectivity index (χ1n) is 15.5. The molecule has 4 heterocycles. The Labute approximate surface area is 265 Å². The molecule has 240 valence electrons. The number of halogens is 1. The number of esters is 1. The van der Waals surface area contributed by atoms with Crippen LogP contribution in [0.25, 0.3) is 27.9 Å². The molecule has 3 saturated carbocycles. The molecule has 1 aromatic carbocycles. The number of rotatable bonds is 9. The van der Waals surface area contributed by atoms with E-state index in [0.29, 0.717) is 24.5 Å². The SMILES string of the molecule is CCOC(=O)[C@@H]1C2CCC(CC2)[C@H]1Nc1nc(-c2cn(S(=O)(=O)c3ccc(C)cc3)c3ncc(F)cc23)nn2cc(COC)cc12. The fourth-order valence-corrected chi connectivity index (χ4v) is 8.47. The largest absolute Gasteiger partial charge is 0.466 e. The minimum absolute atomic E-state index is 0.0507. The average molecular weight is 647 g/mol. The zero-order valence-electron chi connectivity index (χ0n) is 25.8. The molecule has 0 spiro atoms. The summed E-state index contributed by atoms with van der Waals surface area (Å²) in [6, 6.07) is 9.43. The van der Waals surface area contributed by atoms with Gasteiger partial charge in [0.25, 0.3) is 10.0 Å². The van der Waals surface area contributed by atoms with Crippen LogP contribution in [-0.2, 0) is 30.9 Å². The molecule has 46 heavy (non-hydrogen) atoms. The van der Waals surface area contributed by atoms with Gasteiger partial charge in [-0.3, -0.25) is 4.79 Å². The molecule has 0 radical (unpaired) electrons. The van der Waals surface area contributed by atoms with Crippen LogP contribution in [0, 0.1) is 30.5 Å². The highest BCUT2D eigenvalue weighted by Gasteiger charge is 2.48. The zero-order valence-corrected chi connectivity index (χ0v) is 26.6. The molecule has 2 bridgehead atoms. The van der Waals surface area contributed by atoms with Crippen molar-refractivity contribution in [1.29, 1.82) is 0 Å². The van der Waals surface area contributed by atoms with Crippen LogP contribution in [0.4, 0.5) is 10.2 Å². The number of ether oxygens (including phenoxy) is 2. The predicted molar refractivity (Wildman–Crippen MR) is 169 cm³/mol. The number of benzene rings is 1. The second-order valence-corrected chi connectivity index (χ2v) is 14.0. The summed E-state index contributed by atoms with van der Waals surface area (Å²) in [6.45, 7) is 4.32. The normalized spacial score (nSPS) is 21.2. The molecule has 13 heteroatoms. The second kappa shape index (κ2) is 11.8. The van der Waals surface area contributed by atoms with Crippen LogP contribution in [0.15, 0.2) is 59.9 Å². The summed E-state index contributed by atoms with van der Waals surface area (Å²) < 4.78 is 56.0. The minimum atomic E-state index is -4.10. The van der Waals surface area contributed by atoms with Gasteiger partial charge in [0.1, 0.15) is 11.3 Å². The molecule has 0 saturated heterocycles. The number of methoxy groups -OCH3 is 1. The molecule has 4 aromatic heterocycles. The highest BCUT2D eigenvalue weighted by Crippen LogP contribution is 2.47. The number of anilines is 1. The smallest absolute Gasteiger partial charge is 0.311 e.